The van der Waals surface area contributed by atoms with Gasteiger partial charge in [0.25, 0.3) is 5.91 Å². The number of anilines is 1. The number of likely N-dealkylation sites (N-methyl/N-ethyl adjacent to an activating group) is 1. The van der Waals surface area contributed by atoms with Crippen molar-refractivity contribution in [2.75, 3.05) is 37.7 Å². The number of hydrogen-bond donors (Lipinski definition) is 1. The summed E-state index contributed by atoms with van der Waals surface area (Å²) in [5, 5.41) is 2.60. The van der Waals surface area contributed by atoms with Gasteiger partial charge in [-0.3, -0.25) is 9.69 Å². The van der Waals surface area contributed by atoms with Gasteiger partial charge < -0.3 is 15.0 Å². The smallest absolute Gasteiger partial charge is 0.328 e. The summed E-state index contributed by atoms with van der Waals surface area (Å²) in [7, 11) is 0. The van der Waals surface area contributed by atoms with E-state index in [0.29, 0.717) is 12.2 Å². The first-order valence-corrected chi connectivity index (χ1v) is 7.46. The van der Waals surface area contributed by atoms with Crippen LogP contribution in [-0.4, -0.2) is 49.7 Å². The predicted octanol–water partition coefficient (Wildman–Crippen LogP) is 1.44. The van der Waals surface area contributed by atoms with Crippen LogP contribution in [0.15, 0.2) is 30.0 Å². The van der Waals surface area contributed by atoms with Crippen LogP contribution < -0.4 is 10.2 Å². The van der Waals surface area contributed by atoms with Crippen LogP contribution in [0.4, 0.5) is 10.5 Å². The number of morpholine rings is 1. The molecule has 2 fully saturated rings. The number of nitrogens with one attached hydrogen (secondary N) is 1. The third-order valence-electron chi connectivity index (χ3n) is 3.86. The largest absolute Gasteiger partial charge is 0.378 e. The van der Waals surface area contributed by atoms with Gasteiger partial charge in [0.1, 0.15) is 5.70 Å². The molecule has 6 heteroatoms. The lowest BCUT2D eigenvalue weighted by atomic mass is 10.1. The van der Waals surface area contributed by atoms with Gasteiger partial charge in [0.05, 0.1) is 13.2 Å². The van der Waals surface area contributed by atoms with E-state index >= 15 is 0 Å². The zero-order valence-electron chi connectivity index (χ0n) is 12.5. The number of benzene rings is 1. The Morgan fingerprint density at radius 3 is 2.45 bits per heavy atom. The third kappa shape index (κ3) is 2.82. The highest BCUT2D eigenvalue weighted by Gasteiger charge is 2.31. The van der Waals surface area contributed by atoms with E-state index in [-0.39, 0.29) is 11.9 Å². The Hall–Kier alpha value is -2.34. The van der Waals surface area contributed by atoms with E-state index in [4.69, 9.17) is 4.74 Å². The molecule has 6 nitrogen and oxygen atoms in total. The molecule has 0 spiro atoms. The van der Waals surface area contributed by atoms with Crippen molar-refractivity contribution >= 4 is 23.7 Å². The second kappa shape index (κ2) is 6.19. The number of amides is 3. The van der Waals surface area contributed by atoms with Crippen LogP contribution in [0, 0.1) is 0 Å². The molecule has 2 saturated heterocycles. The maximum atomic E-state index is 12.0. The Kier molecular flexibility index (Phi) is 4.11. The molecule has 1 N–H and O–H groups in total. The van der Waals surface area contributed by atoms with Crippen molar-refractivity contribution in [2.24, 2.45) is 0 Å². The molecule has 22 heavy (non-hydrogen) atoms. The summed E-state index contributed by atoms with van der Waals surface area (Å²) < 4.78 is 5.34. The highest BCUT2D eigenvalue weighted by molar-refractivity contribution is 6.13. The van der Waals surface area contributed by atoms with Gasteiger partial charge in [-0.1, -0.05) is 12.1 Å². The molecule has 3 rings (SSSR count). The second-order valence-electron chi connectivity index (χ2n) is 5.23. The van der Waals surface area contributed by atoms with Gasteiger partial charge in [0.15, 0.2) is 0 Å². The molecule has 0 atom stereocenters. The van der Waals surface area contributed by atoms with Crippen molar-refractivity contribution in [2.45, 2.75) is 6.92 Å². The van der Waals surface area contributed by atoms with Gasteiger partial charge in [-0.05, 0) is 30.7 Å². The molecule has 0 aliphatic carbocycles. The third-order valence-corrected chi connectivity index (χ3v) is 3.86. The van der Waals surface area contributed by atoms with Crippen molar-refractivity contribution in [3.63, 3.8) is 0 Å². The Morgan fingerprint density at radius 2 is 1.86 bits per heavy atom. The van der Waals surface area contributed by atoms with Gasteiger partial charge in [-0.15, -0.1) is 0 Å². The lowest BCUT2D eigenvalue weighted by Gasteiger charge is -2.28. The predicted molar refractivity (Wildman–Crippen MR) is 83.4 cm³/mol. The van der Waals surface area contributed by atoms with Gasteiger partial charge in [0, 0.05) is 25.3 Å². The number of ether oxygens (including phenoxy) is 1. The van der Waals surface area contributed by atoms with Crippen molar-refractivity contribution in [3.05, 3.63) is 35.5 Å². The van der Waals surface area contributed by atoms with E-state index in [1.807, 2.05) is 24.3 Å². The molecule has 0 radical (unpaired) electrons. The SMILES string of the molecule is CCN1C(=O)N/C(=C/c2ccc(N3CCOCC3)cc2)C1=O. The number of rotatable bonds is 3. The number of nitrogens with zero attached hydrogens (tertiary/aromatic N) is 2. The zero-order valence-corrected chi connectivity index (χ0v) is 12.5. The Balaban J connectivity index is 1.74. The van der Waals surface area contributed by atoms with Crippen molar-refractivity contribution < 1.29 is 14.3 Å². The highest BCUT2D eigenvalue weighted by Crippen LogP contribution is 2.19. The Labute approximate surface area is 129 Å². The molecule has 2 aliphatic heterocycles. The van der Waals surface area contributed by atoms with Crippen LogP contribution in [0.25, 0.3) is 6.08 Å². The molecule has 3 amide bonds. The zero-order chi connectivity index (χ0) is 15.5. The number of carbonyl (C=O) groups excluding carboxylic acids is 2. The van der Waals surface area contributed by atoms with Crippen molar-refractivity contribution in [1.29, 1.82) is 0 Å². The van der Waals surface area contributed by atoms with Crippen LogP contribution in [0.3, 0.4) is 0 Å². The minimum Gasteiger partial charge on any atom is -0.378 e. The summed E-state index contributed by atoms with van der Waals surface area (Å²) in [5.74, 6) is -0.273. The van der Waals surface area contributed by atoms with Gasteiger partial charge >= 0.3 is 6.03 Å². The lowest BCUT2D eigenvalue weighted by molar-refractivity contribution is -0.122. The van der Waals surface area contributed by atoms with E-state index < -0.39 is 0 Å². The van der Waals surface area contributed by atoms with Crippen molar-refractivity contribution in [1.82, 2.24) is 10.2 Å². The molecule has 1 aromatic rings. The van der Waals surface area contributed by atoms with E-state index in [1.54, 1.807) is 13.0 Å². The fourth-order valence-corrected chi connectivity index (χ4v) is 2.63. The Morgan fingerprint density at radius 1 is 1.18 bits per heavy atom. The maximum absolute atomic E-state index is 12.0. The first-order chi connectivity index (χ1) is 10.7. The van der Waals surface area contributed by atoms with Crippen LogP contribution >= 0.6 is 0 Å². The molecule has 1 aromatic carbocycles. The number of carbonyl (C=O) groups is 2. The maximum Gasteiger partial charge on any atom is 0.328 e. The van der Waals surface area contributed by atoms with Crippen LogP contribution in [-0.2, 0) is 9.53 Å². The molecular formula is C16H19N3O3. The quantitative estimate of drug-likeness (QED) is 0.678. The summed E-state index contributed by atoms with van der Waals surface area (Å²) in [5.41, 5.74) is 2.35. The van der Waals surface area contributed by atoms with Crippen LogP contribution in [0.5, 0.6) is 0 Å². The molecule has 0 bridgehead atoms. The minimum absolute atomic E-state index is 0.273. The molecular weight excluding hydrogens is 282 g/mol. The monoisotopic (exact) mass is 301 g/mol. The van der Waals surface area contributed by atoms with E-state index in [0.717, 1.165) is 37.6 Å². The molecule has 0 aromatic heterocycles. The van der Waals surface area contributed by atoms with E-state index in [1.165, 1.54) is 4.90 Å². The van der Waals surface area contributed by atoms with Crippen LogP contribution in [0.2, 0.25) is 0 Å². The molecule has 116 valence electrons. The lowest BCUT2D eigenvalue weighted by Crippen LogP contribution is -2.36. The summed E-state index contributed by atoms with van der Waals surface area (Å²) in [6, 6.07) is 7.59. The number of urea groups is 1. The average Bonchev–Trinajstić information content (AvgIpc) is 2.82. The molecule has 2 aliphatic rings. The standard InChI is InChI=1S/C16H19N3O3/c1-2-19-15(20)14(17-16(19)21)11-12-3-5-13(6-4-12)18-7-9-22-10-8-18/h3-6,11H,2,7-10H2,1H3,(H,17,21)/b14-11+. The van der Waals surface area contributed by atoms with Gasteiger partial charge in [0.2, 0.25) is 0 Å². The van der Waals surface area contributed by atoms with E-state index in [9.17, 15) is 9.59 Å². The number of hydrogen-bond acceptors (Lipinski definition) is 4. The topological polar surface area (TPSA) is 61.9 Å². The highest BCUT2D eigenvalue weighted by atomic mass is 16.5. The molecule has 0 saturated carbocycles. The van der Waals surface area contributed by atoms with Crippen molar-refractivity contribution in [3.8, 4) is 0 Å². The molecule has 2 heterocycles. The summed E-state index contributed by atoms with van der Waals surface area (Å²) in [4.78, 5) is 27.1. The average molecular weight is 301 g/mol. The summed E-state index contributed by atoms with van der Waals surface area (Å²) in [6.07, 6.45) is 1.71. The van der Waals surface area contributed by atoms with Crippen LogP contribution in [0.1, 0.15) is 12.5 Å². The minimum atomic E-state index is -0.358. The number of imide groups is 1. The first kappa shape index (κ1) is 14.6. The second-order valence-corrected chi connectivity index (χ2v) is 5.23. The fourth-order valence-electron chi connectivity index (χ4n) is 2.63. The summed E-state index contributed by atoms with van der Waals surface area (Å²) in [6.45, 7) is 5.43. The first-order valence-electron chi connectivity index (χ1n) is 7.46. The van der Waals surface area contributed by atoms with Gasteiger partial charge in [-0.25, -0.2) is 4.79 Å². The normalized spacial score (nSPS) is 20.7. The Bertz CT molecular complexity index is 604. The fraction of sp³-hybridized carbons (Fsp3) is 0.375. The van der Waals surface area contributed by atoms with Gasteiger partial charge in [-0.2, -0.15) is 0 Å². The van der Waals surface area contributed by atoms with E-state index in [2.05, 4.69) is 10.2 Å². The molecule has 0 unspecified atom stereocenters. The summed E-state index contributed by atoms with van der Waals surface area (Å²) >= 11 is 0.